The summed E-state index contributed by atoms with van der Waals surface area (Å²) in [7, 11) is 0. The number of anilines is 1. The average Bonchev–Trinajstić information content (AvgIpc) is 3.61. The maximum Gasteiger partial charge on any atom is 0.261 e. The fourth-order valence-electron chi connectivity index (χ4n) is 4.30. The molecule has 0 spiro atoms. The Labute approximate surface area is 203 Å². The third-order valence-electron chi connectivity index (χ3n) is 6.06. The van der Waals surface area contributed by atoms with Gasteiger partial charge in [-0.3, -0.25) is 19.3 Å². The van der Waals surface area contributed by atoms with E-state index >= 15 is 0 Å². The van der Waals surface area contributed by atoms with Crippen LogP contribution in [-0.4, -0.2) is 30.3 Å². The van der Waals surface area contributed by atoms with Crippen molar-refractivity contribution in [2.75, 3.05) is 11.4 Å². The highest BCUT2D eigenvalue weighted by atomic mass is 32.1. The van der Waals surface area contributed by atoms with Crippen molar-refractivity contribution < 1.29 is 18.8 Å². The van der Waals surface area contributed by atoms with E-state index in [4.69, 9.17) is 4.42 Å². The van der Waals surface area contributed by atoms with Crippen LogP contribution in [0.2, 0.25) is 0 Å². The number of furan rings is 1. The molecule has 0 saturated heterocycles. The number of carbonyl (C=O) groups is 3. The number of aryl methyl sites for hydroxylation is 2. The highest BCUT2D eigenvalue weighted by Gasteiger charge is 2.36. The maximum absolute atomic E-state index is 13.7. The van der Waals surface area contributed by atoms with Gasteiger partial charge in [-0.05, 0) is 67.5 Å². The van der Waals surface area contributed by atoms with Crippen LogP contribution in [0.3, 0.4) is 0 Å². The smallest absolute Gasteiger partial charge is 0.261 e. The van der Waals surface area contributed by atoms with Gasteiger partial charge in [-0.1, -0.05) is 31.0 Å². The first-order chi connectivity index (χ1) is 16.4. The molecule has 1 aliphatic rings. The number of thiophene rings is 1. The van der Waals surface area contributed by atoms with Gasteiger partial charge in [0.15, 0.2) is 6.04 Å². The predicted octanol–water partition coefficient (Wildman–Crippen LogP) is 4.52. The molecular weight excluding hydrogens is 450 g/mol. The molecule has 2 aromatic heterocycles. The lowest BCUT2D eigenvalue weighted by Gasteiger charge is -2.32. The van der Waals surface area contributed by atoms with Crippen molar-refractivity contribution in [3.05, 3.63) is 75.9 Å². The second-order valence-electron chi connectivity index (χ2n) is 8.62. The monoisotopic (exact) mass is 479 g/mol. The minimum absolute atomic E-state index is 0.0825. The quantitative estimate of drug-likeness (QED) is 0.497. The summed E-state index contributed by atoms with van der Waals surface area (Å²) in [5.41, 5.74) is 2.41. The summed E-state index contributed by atoms with van der Waals surface area (Å²) in [5, 5.41) is 7.62. The van der Waals surface area contributed by atoms with E-state index in [0.29, 0.717) is 16.3 Å². The molecule has 1 aliphatic carbocycles. The lowest BCUT2D eigenvalue weighted by atomic mass is 10.0. The molecule has 4 rings (SSSR count). The molecule has 1 saturated carbocycles. The van der Waals surface area contributed by atoms with Crippen molar-refractivity contribution >= 4 is 34.7 Å². The molecule has 0 bridgehead atoms. The van der Waals surface area contributed by atoms with Gasteiger partial charge in [-0.15, -0.1) is 11.3 Å². The Balaban J connectivity index is 1.68. The van der Waals surface area contributed by atoms with Crippen LogP contribution in [0.15, 0.2) is 58.5 Å². The minimum atomic E-state index is -0.998. The normalized spacial score (nSPS) is 14.5. The highest BCUT2D eigenvalue weighted by Crippen LogP contribution is 2.32. The third-order valence-corrected chi connectivity index (χ3v) is 6.93. The summed E-state index contributed by atoms with van der Waals surface area (Å²) in [4.78, 5) is 41.7. The first kappa shape index (κ1) is 23.8. The van der Waals surface area contributed by atoms with Crippen molar-refractivity contribution in [2.24, 2.45) is 0 Å². The molecule has 3 aromatic rings. The molecule has 1 fully saturated rings. The van der Waals surface area contributed by atoms with Gasteiger partial charge in [0.25, 0.3) is 11.8 Å². The summed E-state index contributed by atoms with van der Waals surface area (Å²) in [6.07, 6.45) is 5.49. The Kier molecular flexibility index (Phi) is 7.47. The molecule has 8 heteroatoms. The van der Waals surface area contributed by atoms with Crippen molar-refractivity contribution in [1.82, 2.24) is 10.6 Å². The van der Waals surface area contributed by atoms with Gasteiger partial charge in [-0.2, -0.15) is 0 Å². The molecule has 178 valence electrons. The zero-order valence-electron chi connectivity index (χ0n) is 19.4. The van der Waals surface area contributed by atoms with Crippen molar-refractivity contribution in [3.63, 3.8) is 0 Å². The van der Waals surface area contributed by atoms with Gasteiger partial charge in [-0.25, -0.2) is 0 Å². The molecule has 1 atom stereocenters. The molecule has 3 amide bonds. The van der Waals surface area contributed by atoms with Gasteiger partial charge in [0.05, 0.1) is 17.7 Å². The summed E-state index contributed by atoms with van der Waals surface area (Å²) in [6, 6.07) is 11.7. The van der Waals surface area contributed by atoms with Gasteiger partial charge >= 0.3 is 0 Å². The first-order valence-electron chi connectivity index (χ1n) is 11.5. The van der Waals surface area contributed by atoms with Crippen LogP contribution in [-0.2, 0) is 9.59 Å². The second kappa shape index (κ2) is 10.7. The highest BCUT2D eigenvalue weighted by molar-refractivity contribution is 7.12. The minimum Gasteiger partial charge on any atom is -0.467 e. The SMILES string of the molecule is Cc1ccc(C)c(N(C(=O)CNC(=O)c2cccs2)[C@H](C(=O)NC2CCCC2)c2ccco2)c1. The van der Waals surface area contributed by atoms with Crippen LogP contribution in [0, 0.1) is 13.8 Å². The number of benzene rings is 1. The molecule has 0 unspecified atom stereocenters. The maximum atomic E-state index is 13.7. The molecule has 7 nitrogen and oxygen atoms in total. The van der Waals surface area contributed by atoms with Gasteiger partial charge in [0, 0.05) is 11.7 Å². The molecule has 34 heavy (non-hydrogen) atoms. The summed E-state index contributed by atoms with van der Waals surface area (Å²) < 4.78 is 5.65. The van der Waals surface area contributed by atoms with E-state index in [1.54, 1.807) is 29.6 Å². The van der Waals surface area contributed by atoms with Gasteiger partial charge < -0.3 is 15.1 Å². The topological polar surface area (TPSA) is 91.7 Å². The summed E-state index contributed by atoms with van der Waals surface area (Å²) in [5.74, 6) is -0.647. The van der Waals surface area contributed by atoms with Crippen molar-refractivity contribution in [3.8, 4) is 0 Å². The zero-order valence-corrected chi connectivity index (χ0v) is 20.2. The van der Waals surface area contributed by atoms with E-state index in [2.05, 4.69) is 10.6 Å². The van der Waals surface area contributed by atoms with Crippen molar-refractivity contribution in [2.45, 2.75) is 51.6 Å². The largest absolute Gasteiger partial charge is 0.467 e. The number of nitrogens with zero attached hydrogens (tertiary/aromatic N) is 1. The standard InChI is InChI=1S/C26H29N3O4S/c1-17-11-12-18(2)20(15-17)29(23(30)16-27-25(31)22-10-6-14-34-22)24(21-9-5-13-33-21)26(32)28-19-7-3-4-8-19/h5-6,9-15,19,24H,3-4,7-8,16H2,1-2H3,(H,27,31)(H,28,32)/t24-/m0/s1. The predicted molar refractivity (Wildman–Crippen MR) is 132 cm³/mol. The number of hydrogen-bond acceptors (Lipinski definition) is 5. The van der Waals surface area contributed by atoms with Gasteiger partial charge in [0.2, 0.25) is 5.91 Å². The van der Waals surface area contributed by atoms with Crippen molar-refractivity contribution in [1.29, 1.82) is 0 Å². The fraction of sp³-hybridized carbons (Fsp3) is 0.346. The van der Waals surface area contributed by atoms with E-state index in [1.165, 1.54) is 22.5 Å². The van der Waals surface area contributed by atoms with Gasteiger partial charge in [0.1, 0.15) is 5.76 Å². The van der Waals surface area contributed by atoms with E-state index in [0.717, 1.165) is 36.8 Å². The Morgan fingerprint density at radius 2 is 1.91 bits per heavy atom. The fourth-order valence-corrected chi connectivity index (χ4v) is 4.94. The van der Waals surface area contributed by atoms with Crippen LogP contribution in [0.1, 0.15) is 58.3 Å². The lowest BCUT2D eigenvalue weighted by molar-refractivity contribution is -0.127. The zero-order chi connectivity index (χ0) is 24.1. The van der Waals surface area contributed by atoms with E-state index in [1.807, 2.05) is 32.0 Å². The number of nitrogens with one attached hydrogen (secondary N) is 2. The molecule has 2 heterocycles. The number of rotatable bonds is 8. The third kappa shape index (κ3) is 5.39. The van der Waals surface area contributed by atoms with Crippen LogP contribution >= 0.6 is 11.3 Å². The Morgan fingerprint density at radius 1 is 1.12 bits per heavy atom. The van der Waals surface area contributed by atoms with Crippen LogP contribution in [0.25, 0.3) is 0 Å². The first-order valence-corrected chi connectivity index (χ1v) is 12.4. The lowest BCUT2D eigenvalue weighted by Crippen LogP contribution is -2.49. The molecule has 0 radical (unpaired) electrons. The Hall–Kier alpha value is -3.39. The summed E-state index contributed by atoms with van der Waals surface area (Å²) >= 11 is 1.30. The molecular formula is C26H29N3O4S. The van der Waals surface area contributed by atoms with Crippen LogP contribution < -0.4 is 15.5 Å². The average molecular weight is 480 g/mol. The molecule has 0 aliphatic heterocycles. The van der Waals surface area contributed by atoms with E-state index in [9.17, 15) is 14.4 Å². The Bertz CT molecular complexity index is 1140. The summed E-state index contributed by atoms with van der Waals surface area (Å²) in [6.45, 7) is 3.58. The van der Waals surface area contributed by atoms with Crippen LogP contribution in [0.5, 0.6) is 0 Å². The number of hydrogen-bond donors (Lipinski definition) is 2. The second-order valence-corrected chi connectivity index (χ2v) is 9.57. The number of amides is 3. The Morgan fingerprint density at radius 3 is 2.59 bits per heavy atom. The van der Waals surface area contributed by atoms with Crippen LogP contribution in [0.4, 0.5) is 5.69 Å². The van der Waals surface area contributed by atoms with E-state index < -0.39 is 11.9 Å². The number of carbonyl (C=O) groups excluding carboxylic acids is 3. The van der Waals surface area contributed by atoms with E-state index in [-0.39, 0.29) is 24.4 Å². The molecule has 2 N–H and O–H groups in total. The molecule has 1 aromatic carbocycles.